The van der Waals surface area contributed by atoms with Gasteiger partial charge in [-0.2, -0.15) is 0 Å². The molecule has 126 valence electrons. The normalized spacial score (nSPS) is 13.0. The predicted octanol–water partition coefficient (Wildman–Crippen LogP) is 3.03. The molecule has 1 heterocycles. The molecule has 1 fully saturated rings. The summed E-state index contributed by atoms with van der Waals surface area (Å²) in [5.74, 6) is 5.79. The Labute approximate surface area is 159 Å². The molecule has 1 saturated heterocycles. The van der Waals surface area contributed by atoms with Crippen molar-refractivity contribution in [1.82, 2.24) is 5.32 Å². The van der Waals surface area contributed by atoms with Gasteiger partial charge in [0.15, 0.2) is 0 Å². The number of amides is 2. The van der Waals surface area contributed by atoms with Crippen LogP contribution in [0.3, 0.4) is 0 Å². The topological polar surface area (TPSA) is 58.6 Å². The maximum atomic E-state index is 12.1. The van der Waals surface area contributed by atoms with E-state index in [1.165, 1.54) is 0 Å². The molecular formula is C19H15IN2O3. The average molecular weight is 446 g/mol. The van der Waals surface area contributed by atoms with Crippen LogP contribution in [0, 0.1) is 15.4 Å². The highest BCUT2D eigenvalue weighted by Crippen LogP contribution is 2.18. The predicted molar refractivity (Wildman–Crippen MR) is 104 cm³/mol. The maximum Gasteiger partial charge on any atom is 0.414 e. The van der Waals surface area contributed by atoms with E-state index in [4.69, 9.17) is 4.74 Å². The summed E-state index contributed by atoms with van der Waals surface area (Å²) in [5.41, 5.74) is 2.26. The molecule has 1 aliphatic heterocycles. The fraction of sp³-hybridized carbons (Fsp3) is 0.158. The number of anilines is 1. The summed E-state index contributed by atoms with van der Waals surface area (Å²) < 4.78 is 5.82. The lowest BCUT2D eigenvalue weighted by Crippen LogP contribution is -2.24. The molecule has 0 aromatic heterocycles. The number of nitrogens with zero attached hydrogens (tertiary/aromatic N) is 1. The third-order valence-electron chi connectivity index (χ3n) is 3.63. The van der Waals surface area contributed by atoms with Crippen molar-refractivity contribution < 1.29 is 14.3 Å². The van der Waals surface area contributed by atoms with Gasteiger partial charge in [-0.15, -0.1) is 0 Å². The molecule has 2 aromatic carbocycles. The minimum absolute atomic E-state index is 0.137. The van der Waals surface area contributed by atoms with E-state index in [2.05, 4.69) is 39.7 Å². The van der Waals surface area contributed by atoms with E-state index < -0.39 is 0 Å². The first kappa shape index (κ1) is 17.3. The van der Waals surface area contributed by atoms with Crippen LogP contribution in [0.25, 0.3) is 0 Å². The zero-order chi connectivity index (χ0) is 17.6. The second-order valence-corrected chi connectivity index (χ2v) is 6.44. The highest BCUT2D eigenvalue weighted by Gasteiger charge is 2.23. The van der Waals surface area contributed by atoms with Gasteiger partial charge in [0.05, 0.1) is 18.7 Å². The largest absolute Gasteiger partial charge is 0.447 e. The van der Waals surface area contributed by atoms with E-state index in [-0.39, 0.29) is 18.5 Å². The van der Waals surface area contributed by atoms with Crippen molar-refractivity contribution in [3.63, 3.8) is 0 Å². The monoisotopic (exact) mass is 446 g/mol. The van der Waals surface area contributed by atoms with Crippen LogP contribution in [0.5, 0.6) is 0 Å². The summed E-state index contributed by atoms with van der Waals surface area (Å²) in [7, 11) is 0. The number of cyclic esters (lactones) is 1. The molecule has 0 spiro atoms. The van der Waals surface area contributed by atoms with Crippen LogP contribution in [0.4, 0.5) is 10.5 Å². The summed E-state index contributed by atoms with van der Waals surface area (Å²) in [4.78, 5) is 25.2. The molecule has 1 aliphatic rings. The van der Waals surface area contributed by atoms with E-state index in [0.717, 1.165) is 14.8 Å². The molecule has 0 aliphatic carbocycles. The quantitative estimate of drug-likeness (QED) is 0.583. The first-order valence-corrected chi connectivity index (χ1v) is 8.79. The summed E-state index contributed by atoms with van der Waals surface area (Å²) in [6.45, 7) is 1.25. The van der Waals surface area contributed by atoms with E-state index >= 15 is 0 Å². The molecule has 1 N–H and O–H groups in total. The first-order valence-electron chi connectivity index (χ1n) is 7.71. The van der Waals surface area contributed by atoms with Gasteiger partial charge in [-0.05, 0) is 59.0 Å². The van der Waals surface area contributed by atoms with Gasteiger partial charge in [0.2, 0.25) is 0 Å². The van der Waals surface area contributed by atoms with Gasteiger partial charge in [-0.3, -0.25) is 9.69 Å². The van der Waals surface area contributed by atoms with Crippen molar-refractivity contribution in [2.24, 2.45) is 0 Å². The van der Waals surface area contributed by atoms with Crippen molar-refractivity contribution in [3.8, 4) is 11.8 Å². The Hall–Kier alpha value is -2.53. The zero-order valence-electron chi connectivity index (χ0n) is 13.3. The molecule has 25 heavy (non-hydrogen) atoms. The average Bonchev–Trinajstić information content (AvgIpc) is 3.05. The van der Waals surface area contributed by atoms with Crippen LogP contribution in [0.15, 0.2) is 48.5 Å². The van der Waals surface area contributed by atoms with Gasteiger partial charge in [0, 0.05) is 14.8 Å². The minimum Gasteiger partial charge on any atom is -0.447 e. The van der Waals surface area contributed by atoms with Crippen LogP contribution < -0.4 is 10.2 Å². The number of carbonyl (C=O) groups is 2. The smallest absolute Gasteiger partial charge is 0.414 e. The van der Waals surface area contributed by atoms with Crippen molar-refractivity contribution >= 4 is 40.3 Å². The lowest BCUT2D eigenvalue weighted by Gasteiger charge is -2.11. The van der Waals surface area contributed by atoms with Gasteiger partial charge in [0.1, 0.15) is 6.61 Å². The zero-order valence-corrected chi connectivity index (χ0v) is 15.4. The Kier molecular flexibility index (Phi) is 5.56. The minimum atomic E-state index is -0.322. The molecule has 0 unspecified atom stereocenters. The van der Waals surface area contributed by atoms with Crippen molar-refractivity contribution in [1.29, 1.82) is 0 Å². The third kappa shape index (κ3) is 4.31. The van der Waals surface area contributed by atoms with Crippen LogP contribution >= 0.6 is 22.6 Å². The molecule has 5 nitrogen and oxygen atoms in total. The Morgan fingerprint density at radius 3 is 2.64 bits per heavy atom. The fourth-order valence-corrected chi connectivity index (χ4v) is 3.00. The number of carbonyl (C=O) groups excluding carboxylic acids is 2. The van der Waals surface area contributed by atoms with E-state index in [1.807, 2.05) is 42.5 Å². The van der Waals surface area contributed by atoms with Gasteiger partial charge in [-0.25, -0.2) is 4.79 Å². The number of ether oxygens (including phenoxy) is 1. The van der Waals surface area contributed by atoms with Crippen LogP contribution in [0.2, 0.25) is 0 Å². The second kappa shape index (κ2) is 8.03. The third-order valence-corrected chi connectivity index (χ3v) is 4.57. The van der Waals surface area contributed by atoms with Crippen LogP contribution in [-0.2, 0) is 4.74 Å². The van der Waals surface area contributed by atoms with Crippen molar-refractivity contribution in [3.05, 3.63) is 63.2 Å². The van der Waals surface area contributed by atoms with Crippen LogP contribution in [-0.4, -0.2) is 31.7 Å². The first-order chi connectivity index (χ1) is 12.1. The molecule has 0 bridgehead atoms. The maximum absolute atomic E-state index is 12.1. The number of hydrogen-bond acceptors (Lipinski definition) is 3. The van der Waals surface area contributed by atoms with Gasteiger partial charge >= 0.3 is 6.09 Å². The number of benzene rings is 2. The molecule has 6 heteroatoms. The van der Waals surface area contributed by atoms with E-state index in [0.29, 0.717) is 18.7 Å². The number of hydrogen-bond donors (Lipinski definition) is 1. The molecular weight excluding hydrogens is 431 g/mol. The molecule has 0 atom stereocenters. The molecule has 2 aromatic rings. The lowest BCUT2D eigenvalue weighted by atomic mass is 10.2. The Morgan fingerprint density at radius 2 is 1.96 bits per heavy atom. The van der Waals surface area contributed by atoms with Gasteiger partial charge in [0.25, 0.3) is 5.91 Å². The SMILES string of the molecule is O=C(NCC#Cc1ccc(N2CCOC2=O)cc1)c1ccccc1I. The van der Waals surface area contributed by atoms with Crippen LogP contribution in [0.1, 0.15) is 15.9 Å². The molecule has 3 rings (SSSR count). The Morgan fingerprint density at radius 1 is 1.20 bits per heavy atom. The molecule has 0 radical (unpaired) electrons. The Bertz CT molecular complexity index is 853. The molecule has 2 amide bonds. The number of rotatable bonds is 3. The summed E-state index contributed by atoms with van der Waals surface area (Å²) in [6, 6.07) is 14.8. The Balaban J connectivity index is 1.56. The highest BCUT2D eigenvalue weighted by atomic mass is 127. The van der Waals surface area contributed by atoms with E-state index in [9.17, 15) is 9.59 Å². The standard InChI is InChI=1S/C19H15IN2O3/c20-17-6-2-1-5-16(17)18(23)21-11-3-4-14-7-9-15(10-8-14)22-12-13-25-19(22)24/h1-2,5-10H,11-13H2,(H,21,23). The van der Waals surface area contributed by atoms with Crippen molar-refractivity contribution in [2.45, 2.75) is 0 Å². The second-order valence-electron chi connectivity index (χ2n) is 5.28. The van der Waals surface area contributed by atoms with E-state index in [1.54, 1.807) is 11.0 Å². The summed E-state index contributed by atoms with van der Waals surface area (Å²) >= 11 is 2.13. The highest BCUT2D eigenvalue weighted by molar-refractivity contribution is 14.1. The van der Waals surface area contributed by atoms with Crippen molar-refractivity contribution in [2.75, 3.05) is 24.6 Å². The molecule has 0 saturated carbocycles. The summed E-state index contributed by atoms with van der Waals surface area (Å²) in [6.07, 6.45) is -0.322. The summed E-state index contributed by atoms with van der Waals surface area (Å²) in [5, 5.41) is 2.79. The lowest BCUT2D eigenvalue weighted by molar-refractivity contribution is 0.0957. The number of halogens is 1. The fourth-order valence-electron chi connectivity index (χ4n) is 2.36. The van der Waals surface area contributed by atoms with Gasteiger partial charge < -0.3 is 10.1 Å². The number of nitrogens with one attached hydrogen (secondary N) is 1. The van der Waals surface area contributed by atoms with Gasteiger partial charge in [-0.1, -0.05) is 24.0 Å².